The Labute approximate surface area is 213 Å². The van der Waals surface area contributed by atoms with Crippen molar-refractivity contribution in [2.24, 2.45) is 23.7 Å². The molecule has 1 amide bonds. The molecule has 0 spiro atoms. The molecule has 3 bridgehead atoms. The molecule has 3 aliphatic carbocycles. The molecule has 3 fully saturated rings. The van der Waals surface area contributed by atoms with E-state index in [4.69, 9.17) is 0 Å². The molecule has 4 aliphatic rings. The van der Waals surface area contributed by atoms with Crippen molar-refractivity contribution < 1.29 is 18.0 Å². The van der Waals surface area contributed by atoms with E-state index in [1.165, 1.54) is 19.0 Å². The smallest absolute Gasteiger partial charge is 0.363 e. The Morgan fingerprint density at radius 2 is 1.70 bits per heavy atom. The number of nitrogens with zero attached hydrogens (tertiary/aromatic N) is 2. The van der Waals surface area contributed by atoms with Crippen molar-refractivity contribution >= 4 is 22.5 Å². The average Bonchev–Trinajstić information content (AvgIpc) is 3.41. The molecule has 3 saturated carbocycles. The Kier molecular flexibility index (Phi) is 5.31. The number of alkyl halides is 3. The number of rotatable bonds is 3. The second-order valence-electron chi connectivity index (χ2n) is 11.6. The van der Waals surface area contributed by atoms with Gasteiger partial charge in [-0.15, -0.1) is 0 Å². The molecule has 2 N–H and O–H groups in total. The van der Waals surface area contributed by atoms with E-state index in [1.54, 1.807) is 0 Å². The number of fused-ring (bicyclic) bond motifs is 4. The number of nitrogens with one attached hydrogen (secondary N) is 2. The van der Waals surface area contributed by atoms with Crippen LogP contribution in [0.5, 0.6) is 0 Å². The van der Waals surface area contributed by atoms with E-state index < -0.39 is 18.3 Å². The van der Waals surface area contributed by atoms with Crippen LogP contribution in [0.1, 0.15) is 73.0 Å². The highest BCUT2D eigenvalue weighted by atomic mass is 19.4. The Balaban J connectivity index is 1.20. The van der Waals surface area contributed by atoms with Crippen LogP contribution in [0, 0.1) is 23.7 Å². The molecular formula is C29H31F3N4O. The number of anilines is 1. The Morgan fingerprint density at radius 1 is 0.946 bits per heavy atom. The maximum atomic E-state index is 14.2. The lowest BCUT2D eigenvalue weighted by Crippen LogP contribution is -2.47. The van der Waals surface area contributed by atoms with E-state index in [2.05, 4.69) is 15.7 Å². The summed E-state index contributed by atoms with van der Waals surface area (Å²) in [6.45, 7) is 0. The first-order chi connectivity index (χ1) is 17.8. The zero-order valence-electron chi connectivity index (χ0n) is 20.5. The van der Waals surface area contributed by atoms with Gasteiger partial charge in [-0.05, 0) is 71.8 Å². The molecule has 1 aromatic heterocycles. The second-order valence-corrected chi connectivity index (χ2v) is 11.6. The molecule has 2 aromatic carbocycles. The van der Waals surface area contributed by atoms with E-state index >= 15 is 0 Å². The number of hydrogen-bond donors (Lipinski definition) is 2. The van der Waals surface area contributed by atoms with Crippen molar-refractivity contribution in [3.8, 4) is 0 Å². The SMILES string of the molecule is O=C(NC1C2CCCC3CC1CC3C2)c1cnn2c1NC(c1ccc3ccccc3c1)CC2C(F)(F)F. The molecule has 0 radical (unpaired) electrons. The molecule has 194 valence electrons. The highest BCUT2D eigenvalue weighted by Crippen LogP contribution is 2.53. The summed E-state index contributed by atoms with van der Waals surface area (Å²) >= 11 is 0. The fourth-order valence-corrected chi connectivity index (χ4v) is 7.89. The predicted molar refractivity (Wildman–Crippen MR) is 135 cm³/mol. The zero-order chi connectivity index (χ0) is 25.3. The average molecular weight is 509 g/mol. The first-order valence-electron chi connectivity index (χ1n) is 13.6. The first kappa shape index (κ1) is 23.1. The van der Waals surface area contributed by atoms with Gasteiger partial charge in [0.15, 0.2) is 6.04 Å². The van der Waals surface area contributed by atoms with Crippen LogP contribution in [-0.4, -0.2) is 27.9 Å². The van der Waals surface area contributed by atoms with E-state index in [9.17, 15) is 18.0 Å². The fourth-order valence-electron chi connectivity index (χ4n) is 7.89. The van der Waals surface area contributed by atoms with Gasteiger partial charge in [0.1, 0.15) is 11.4 Å². The third-order valence-corrected chi connectivity index (χ3v) is 9.61. The molecule has 7 rings (SSSR count). The first-order valence-corrected chi connectivity index (χ1v) is 13.6. The van der Waals surface area contributed by atoms with E-state index in [-0.39, 0.29) is 29.8 Å². The van der Waals surface area contributed by atoms with Crippen molar-refractivity contribution in [3.63, 3.8) is 0 Å². The quantitative estimate of drug-likeness (QED) is 0.417. The normalized spacial score (nSPS) is 32.6. The van der Waals surface area contributed by atoms with Gasteiger partial charge in [0.05, 0.1) is 12.2 Å². The summed E-state index contributed by atoms with van der Waals surface area (Å²) in [4.78, 5) is 13.6. The van der Waals surface area contributed by atoms with Gasteiger partial charge < -0.3 is 10.6 Å². The maximum Gasteiger partial charge on any atom is 0.410 e. The Bertz CT molecular complexity index is 1350. The van der Waals surface area contributed by atoms with E-state index in [0.29, 0.717) is 11.8 Å². The van der Waals surface area contributed by atoms with Gasteiger partial charge in [-0.25, -0.2) is 4.68 Å². The molecule has 8 heteroatoms. The highest BCUT2D eigenvalue weighted by Gasteiger charge is 2.50. The molecule has 37 heavy (non-hydrogen) atoms. The molecular weight excluding hydrogens is 477 g/mol. The fraction of sp³-hybridized carbons (Fsp3) is 0.517. The minimum Gasteiger partial charge on any atom is -0.363 e. The van der Waals surface area contributed by atoms with Crippen LogP contribution in [0.4, 0.5) is 19.0 Å². The van der Waals surface area contributed by atoms with Crippen LogP contribution in [-0.2, 0) is 0 Å². The third-order valence-electron chi connectivity index (χ3n) is 9.61. The third kappa shape index (κ3) is 3.91. The number of carbonyl (C=O) groups is 1. The molecule has 7 atom stereocenters. The monoisotopic (exact) mass is 508 g/mol. The number of aromatic nitrogens is 2. The van der Waals surface area contributed by atoms with Crippen molar-refractivity contribution in [2.75, 3.05) is 5.32 Å². The lowest BCUT2D eigenvalue weighted by Gasteiger charge is -2.37. The topological polar surface area (TPSA) is 59.0 Å². The molecule has 0 saturated heterocycles. The molecule has 7 unspecified atom stereocenters. The zero-order valence-corrected chi connectivity index (χ0v) is 20.5. The number of amides is 1. The lowest BCUT2D eigenvalue weighted by atomic mass is 9.75. The number of halogens is 3. The number of benzene rings is 2. The molecule has 2 heterocycles. The van der Waals surface area contributed by atoms with Gasteiger partial charge in [0.2, 0.25) is 0 Å². The van der Waals surface area contributed by atoms with Crippen LogP contribution in [0.3, 0.4) is 0 Å². The van der Waals surface area contributed by atoms with Gasteiger partial charge in [-0.2, -0.15) is 18.3 Å². The molecule has 5 nitrogen and oxygen atoms in total. The summed E-state index contributed by atoms with van der Waals surface area (Å²) in [5.74, 6) is 2.35. The van der Waals surface area contributed by atoms with Gasteiger partial charge in [0.25, 0.3) is 5.91 Å². The van der Waals surface area contributed by atoms with Crippen LogP contribution in [0.25, 0.3) is 10.8 Å². The van der Waals surface area contributed by atoms with Crippen molar-refractivity contribution in [1.82, 2.24) is 15.1 Å². The Morgan fingerprint density at radius 3 is 2.54 bits per heavy atom. The summed E-state index contributed by atoms with van der Waals surface area (Å²) in [6.07, 6.45) is 3.76. The summed E-state index contributed by atoms with van der Waals surface area (Å²) in [7, 11) is 0. The van der Waals surface area contributed by atoms with Gasteiger partial charge >= 0.3 is 6.18 Å². The van der Waals surface area contributed by atoms with Crippen LogP contribution in [0.15, 0.2) is 48.7 Å². The van der Waals surface area contributed by atoms with Gasteiger partial charge in [-0.3, -0.25) is 4.79 Å². The highest BCUT2D eigenvalue weighted by molar-refractivity contribution is 5.99. The Hall–Kier alpha value is -3.03. The minimum atomic E-state index is -4.48. The summed E-state index contributed by atoms with van der Waals surface area (Å²) < 4.78 is 43.6. The number of hydrogen-bond acceptors (Lipinski definition) is 3. The largest absolute Gasteiger partial charge is 0.410 e. The van der Waals surface area contributed by atoms with E-state index in [1.807, 2.05) is 42.5 Å². The van der Waals surface area contributed by atoms with Crippen molar-refractivity contribution in [3.05, 3.63) is 59.8 Å². The maximum absolute atomic E-state index is 14.2. The van der Waals surface area contributed by atoms with E-state index in [0.717, 1.165) is 58.5 Å². The lowest BCUT2D eigenvalue weighted by molar-refractivity contribution is -0.173. The van der Waals surface area contributed by atoms with Crippen molar-refractivity contribution in [2.45, 2.75) is 69.2 Å². The van der Waals surface area contributed by atoms with Gasteiger partial charge in [-0.1, -0.05) is 49.2 Å². The van der Waals surface area contributed by atoms with Crippen molar-refractivity contribution in [1.29, 1.82) is 0 Å². The minimum absolute atomic E-state index is 0.0999. The summed E-state index contributed by atoms with van der Waals surface area (Å²) in [5.41, 5.74) is 0.969. The standard InChI is InChI=1S/C29H31F3N4O/c30-29(31,32)25-14-24(19-9-8-16-4-1-2-5-17(16)10-19)34-27-23(15-33-36(25)27)28(37)35-26-20-7-3-6-18-11-22(26)13-21(18)12-20/h1-2,4-5,8-10,15,18,20-22,24-26,34H,3,6-7,11-14H2,(H,35,37). The summed E-state index contributed by atoms with van der Waals surface area (Å²) in [5, 5.41) is 12.6. The predicted octanol–water partition coefficient (Wildman–Crippen LogP) is 6.64. The van der Waals surface area contributed by atoms with Crippen LogP contribution < -0.4 is 10.6 Å². The summed E-state index contributed by atoms with van der Waals surface area (Å²) in [6, 6.07) is 11.3. The second kappa shape index (κ2) is 8.50. The van der Waals surface area contributed by atoms with Crippen LogP contribution in [0.2, 0.25) is 0 Å². The van der Waals surface area contributed by atoms with Gasteiger partial charge in [0, 0.05) is 12.5 Å². The van der Waals surface area contributed by atoms with Crippen LogP contribution >= 0.6 is 0 Å². The molecule has 3 aromatic rings. The number of carbonyl (C=O) groups excluding carboxylic acids is 1. The molecule has 1 aliphatic heterocycles.